The van der Waals surface area contributed by atoms with Crippen LogP contribution in [0.15, 0.2) is 57.0 Å². The molecule has 0 spiro atoms. The molecule has 210 valence electrons. The number of unbranched alkanes of at least 4 members (excludes halogenated alkanes) is 10. The predicted octanol–water partition coefficient (Wildman–Crippen LogP) is 8.89. The molecule has 4 aliphatic heterocycles. The van der Waals surface area contributed by atoms with Crippen LogP contribution in [0, 0.1) is 0 Å². The Morgan fingerprint density at radius 2 is 0.975 bits per heavy atom. The lowest BCUT2D eigenvalue weighted by atomic mass is 9.95. The van der Waals surface area contributed by atoms with Gasteiger partial charge in [-0.15, -0.1) is 0 Å². The minimum atomic E-state index is -0.187. The Morgan fingerprint density at radius 1 is 0.575 bits per heavy atom. The van der Waals surface area contributed by atoms with Crippen molar-refractivity contribution >= 4 is 34.4 Å². The van der Waals surface area contributed by atoms with E-state index in [-0.39, 0.29) is 11.8 Å². The average molecular weight is 541 g/mol. The monoisotopic (exact) mass is 540 g/mol. The zero-order chi connectivity index (χ0) is 27.6. The van der Waals surface area contributed by atoms with Crippen molar-refractivity contribution in [3.05, 3.63) is 70.9 Å². The molecule has 40 heavy (non-hydrogen) atoms. The van der Waals surface area contributed by atoms with Crippen LogP contribution in [0.2, 0.25) is 0 Å². The van der Waals surface area contributed by atoms with Crippen LogP contribution in [-0.4, -0.2) is 21.6 Å². The van der Waals surface area contributed by atoms with E-state index in [2.05, 4.69) is 13.8 Å². The molecule has 6 heteroatoms. The summed E-state index contributed by atoms with van der Waals surface area (Å²) in [5.74, 6) is 0.861. The van der Waals surface area contributed by atoms with Gasteiger partial charge in [-0.3, -0.25) is 19.4 Å². The number of rotatable bonds is 14. The first kappa shape index (κ1) is 26.7. The molecule has 0 N–H and O–H groups in total. The number of allylic oxidation sites excluding steroid dienone is 2. The first-order valence-corrected chi connectivity index (χ1v) is 15.4. The Bertz CT molecular complexity index is 1320. The summed E-state index contributed by atoms with van der Waals surface area (Å²) in [6.07, 6.45) is 23.5. The summed E-state index contributed by atoms with van der Waals surface area (Å²) in [5, 5.41) is 0. The van der Waals surface area contributed by atoms with Gasteiger partial charge in [0.15, 0.2) is 11.5 Å². The zero-order valence-corrected chi connectivity index (χ0v) is 23.9. The van der Waals surface area contributed by atoms with Gasteiger partial charge in [-0.05, 0) is 49.0 Å². The van der Waals surface area contributed by atoms with E-state index >= 15 is 0 Å². The lowest BCUT2D eigenvalue weighted by Gasteiger charge is -2.27. The largest absolute Gasteiger partial charge is 0.462 e. The zero-order valence-electron chi connectivity index (χ0n) is 23.9. The van der Waals surface area contributed by atoms with Crippen molar-refractivity contribution in [2.24, 2.45) is 0 Å². The first-order chi connectivity index (χ1) is 19.7. The molecule has 0 radical (unpaired) electrons. The van der Waals surface area contributed by atoms with Gasteiger partial charge in [0.25, 0.3) is 11.8 Å². The molecule has 0 aliphatic carbocycles. The van der Waals surface area contributed by atoms with Crippen molar-refractivity contribution in [2.45, 2.75) is 104 Å². The molecule has 0 aromatic carbocycles. The molecule has 6 rings (SSSR count). The van der Waals surface area contributed by atoms with E-state index in [0.29, 0.717) is 34.1 Å². The maximum Gasteiger partial charge on any atom is 0.265 e. The van der Waals surface area contributed by atoms with E-state index in [9.17, 15) is 9.59 Å². The number of hydrogen-bond donors (Lipinski definition) is 0. The van der Waals surface area contributed by atoms with Crippen LogP contribution < -0.4 is 0 Å². The smallest absolute Gasteiger partial charge is 0.265 e. The fourth-order valence-corrected chi connectivity index (χ4v) is 6.56. The number of nitrogens with zero attached hydrogens (tertiary/aromatic N) is 2. The molecular formula is C34H40N2O4. The second-order valence-corrected chi connectivity index (χ2v) is 11.5. The van der Waals surface area contributed by atoms with E-state index in [1.807, 2.05) is 24.5 Å². The molecule has 4 aliphatic rings. The van der Waals surface area contributed by atoms with Crippen LogP contribution in [0.25, 0.3) is 22.5 Å². The second-order valence-electron chi connectivity index (χ2n) is 11.5. The summed E-state index contributed by atoms with van der Waals surface area (Å²) in [6.45, 7) is 4.46. The van der Waals surface area contributed by atoms with Crippen molar-refractivity contribution in [3.63, 3.8) is 0 Å². The third-order valence-electron chi connectivity index (χ3n) is 8.69. The average Bonchev–Trinajstić information content (AvgIpc) is 3.74. The SMILES string of the molecule is CCCCCCCCC1=CN2C(=O)C3=C4c5occc5C(CCCCCCCC)=CN4C(=O)C3=C2c2occc21. The molecule has 2 aromatic rings. The maximum atomic E-state index is 14.0. The standard InChI is InChI=1S/C34H40N2O4/c1-3-5-7-9-11-13-15-23-21-35-29(31-25(23)17-19-39-31)27-28(33(35)37)30-32-26(18-20-40-32)24(22-36(30)34(27)38)16-14-12-10-8-6-4-2/h17-22H,3-16H2,1-2H3. The van der Waals surface area contributed by atoms with Crippen LogP contribution in [0.5, 0.6) is 0 Å². The molecule has 0 saturated carbocycles. The van der Waals surface area contributed by atoms with E-state index in [1.165, 1.54) is 64.2 Å². The third kappa shape index (κ3) is 4.51. The number of carbonyl (C=O) groups is 2. The Hall–Kier alpha value is -3.54. The Labute approximate surface area is 237 Å². The molecule has 0 unspecified atom stereocenters. The number of amides is 2. The maximum absolute atomic E-state index is 14.0. The molecule has 6 heterocycles. The molecule has 2 aromatic heterocycles. The highest BCUT2D eigenvalue weighted by molar-refractivity contribution is 6.31. The number of furan rings is 2. The molecule has 0 fully saturated rings. The van der Waals surface area contributed by atoms with E-state index in [1.54, 1.807) is 22.3 Å². The number of fused-ring (bicyclic) bond motifs is 7. The number of hydrogen-bond acceptors (Lipinski definition) is 4. The molecule has 2 amide bonds. The van der Waals surface area contributed by atoms with Crippen LogP contribution in [0.1, 0.15) is 126 Å². The second kappa shape index (κ2) is 11.5. The lowest BCUT2D eigenvalue weighted by molar-refractivity contribution is -0.122. The molecule has 6 nitrogen and oxygen atoms in total. The predicted molar refractivity (Wildman–Crippen MR) is 157 cm³/mol. The van der Waals surface area contributed by atoms with Crippen molar-refractivity contribution in [3.8, 4) is 0 Å². The summed E-state index contributed by atoms with van der Waals surface area (Å²) in [5.41, 5.74) is 6.14. The van der Waals surface area contributed by atoms with Gasteiger partial charge in [0.1, 0.15) is 11.4 Å². The molecule has 0 atom stereocenters. The summed E-state index contributed by atoms with van der Waals surface area (Å²) < 4.78 is 11.9. The van der Waals surface area contributed by atoms with Gasteiger partial charge in [0.05, 0.1) is 23.7 Å². The molecule has 0 bridgehead atoms. The summed E-state index contributed by atoms with van der Waals surface area (Å²) >= 11 is 0. The lowest BCUT2D eigenvalue weighted by Crippen LogP contribution is -2.27. The van der Waals surface area contributed by atoms with E-state index < -0.39 is 0 Å². The van der Waals surface area contributed by atoms with Crippen LogP contribution in [0.3, 0.4) is 0 Å². The highest BCUT2D eigenvalue weighted by Crippen LogP contribution is 2.53. The van der Waals surface area contributed by atoms with Gasteiger partial charge in [0.2, 0.25) is 0 Å². The highest BCUT2D eigenvalue weighted by Gasteiger charge is 2.52. The quantitative estimate of drug-likeness (QED) is 0.224. The summed E-state index contributed by atoms with van der Waals surface area (Å²) in [4.78, 5) is 31.2. The topological polar surface area (TPSA) is 66.9 Å². The van der Waals surface area contributed by atoms with Gasteiger partial charge in [-0.25, -0.2) is 0 Å². The fraction of sp³-hybridized carbons (Fsp3) is 0.471. The highest BCUT2D eigenvalue weighted by atomic mass is 16.3. The van der Waals surface area contributed by atoms with Gasteiger partial charge in [-0.2, -0.15) is 0 Å². The van der Waals surface area contributed by atoms with Crippen LogP contribution in [0.4, 0.5) is 0 Å². The Morgan fingerprint density at radius 3 is 1.40 bits per heavy atom. The van der Waals surface area contributed by atoms with Gasteiger partial charge >= 0.3 is 0 Å². The minimum absolute atomic E-state index is 0.187. The van der Waals surface area contributed by atoms with Crippen LogP contribution in [-0.2, 0) is 9.59 Å². The third-order valence-corrected chi connectivity index (χ3v) is 8.69. The van der Waals surface area contributed by atoms with E-state index in [0.717, 1.165) is 48.0 Å². The minimum Gasteiger partial charge on any atom is -0.462 e. The van der Waals surface area contributed by atoms with Crippen molar-refractivity contribution in [1.82, 2.24) is 9.80 Å². The Kier molecular flexibility index (Phi) is 7.68. The van der Waals surface area contributed by atoms with Gasteiger partial charge < -0.3 is 8.83 Å². The van der Waals surface area contributed by atoms with Gasteiger partial charge in [-0.1, -0.05) is 78.1 Å². The fourth-order valence-electron chi connectivity index (χ4n) is 6.56. The van der Waals surface area contributed by atoms with Gasteiger partial charge in [0, 0.05) is 23.5 Å². The first-order valence-electron chi connectivity index (χ1n) is 15.4. The Balaban J connectivity index is 1.28. The van der Waals surface area contributed by atoms with Crippen LogP contribution >= 0.6 is 0 Å². The molecule has 0 saturated heterocycles. The summed E-state index contributed by atoms with van der Waals surface area (Å²) in [7, 11) is 0. The van der Waals surface area contributed by atoms with Crippen molar-refractivity contribution in [1.29, 1.82) is 0 Å². The van der Waals surface area contributed by atoms with E-state index in [4.69, 9.17) is 8.83 Å². The number of carbonyl (C=O) groups excluding carboxylic acids is 2. The molecular weight excluding hydrogens is 500 g/mol. The van der Waals surface area contributed by atoms with Crippen molar-refractivity contribution < 1.29 is 18.4 Å². The van der Waals surface area contributed by atoms with Crippen molar-refractivity contribution in [2.75, 3.05) is 0 Å². The summed E-state index contributed by atoms with van der Waals surface area (Å²) in [6, 6.07) is 3.93. The normalized spacial score (nSPS) is 17.2.